The molecule has 1 atom stereocenters. The zero-order valence-corrected chi connectivity index (χ0v) is 12.7. The second-order valence-corrected chi connectivity index (χ2v) is 6.28. The monoisotopic (exact) mass is 307 g/mol. The fourth-order valence-corrected chi connectivity index (χ4v) is 3.78. The topological polar surface area (TPSA) is 50.5 Å². The van der Waals surface area contributed by atoms with Gasteiger partial charge in [-0.3, -0.25) is 0 Å². The summed E-state index contributed by atoms with van der Waals surface area (Å²) < 4.78 is 10.7. The van der Waals surface area contributed by atoms with Gasteiger partial charge in [-0.25, -0.2) is 0 Å². The number of hydrogen-bond acceptors (Lipinski definition) is 5. The standard InChI is InChI=1S/C15H18ClN3O2/c1-20-14-11(16)3-2-10-13(14)21-18-15(10)17-12-8-19-6-4-9(12)5-7-19/h2-3,9,12H,4-8H2,1H3,(H,17,18)/t12-/m0/s1. The van der Waals surface area contributed by atoms with E-state index in [9.17, 15) is 0 Å². The number of nitrogens with zero attached hydrogens (tertiary/aromatic N) is 2. The predicted molar refractivity (Wildman–Crippen MR) is 82.1 cm³/mol. The Bertz CT molecular complexity index is 664. The minimum absolute atomic E-state index is 0.447. The number of anilines is 1. The lowest BCUT2D eigenvalue weighted by atomic mass is 9.84. The van der Waals surface area contributed by atoms with E-state index in [1.54, 1.807) is 7.11 Å². The number of rotatable bonds is 3. The number of benzene rings is 1. The number of piperidine rings is 3. The minimum atomic E-state index is 0.447. The number of nitrogens with one attached hydrogen (secondary N) is 1. The van der Waals surface area contributed by atoms with Gasteiger partial charge in [0.25, 0.3) is 0 Å². The Hall–Kier alpha value is -1.46. The van der Waals surface area contributed by atoms with E-state index in [2.05, 4.69) is 15.4 Å². The fourth-order valence-electron chi connectivity index (χ4n) is 3.55. The molecular weight excluding hydrogens is 290 g/mol. The van der Waals surface area contributed by atoms with Crippen LogP contribution in [-0.4, -0.2) is 42.8 Å². The number of ether oxygens (including phenoxy) is 1. The van der Waals surface area contributed by atoms with Gasteiger partial charge in [0.2, 0.25) is 5.58 Å². The van der Waals surface area contributed by atoms with Crippen molar-refractivity contribution >= 4 is 28.4 Å². The van der Waals surface area contributed by atoms with Gasteiger partial charge < -0.3 is 19.5 Å². The molecule has 0 unspecified atom stereocenters. The summed E-state index contributed by atoms with van der Waals surface area (Å²) in [4.78, 5) is 2.51. The molecule has 3 fully saturated rings. The minimum Gasteiger partial charge on any atom is -0.491 e. The molecule has 3 aliphatic rings. The smallest absolute Gasteiger partial charge is 0.212 e. The lowest BCUT2D eigenvalue weighted by Crippen LogP contribution is -2.53. The summed E-state index contributed by atoms with van der Waals surface area (Å²) >= 11 is 6.12. The summed E-state index contributed by atoms with van der Waals surface area (Å²) in [6, 6.07) is 4.20. The Labute approximate surface area is 128 Å². The molecule has 1 N–H and O–H groups in total. The van der Waals surface area contributed by atoms with Gasteiger partial charge in [0.15, 0.2) is 11.6 Å². The lowest BCUT2D eigenvalue weighted by molar-refractivity contribution is 0.0973. The van der Waals surface area contributed by atoms with Crippen LogP contribution in [0.15, 0.2) is 16.7 Å². The molecule has 1 aromatic heterocycles. The van der Waals surface area contributed by atoms with E-state index in [4.69, 9.17) is 20.9 Å². The average Bonchev–Trinajstić information content (AvgIpc) is 2.91. The summed E-state index contributed by atoms with van der Waals surface area (Å²) in [5, 5.41) is 9.20. The summed E-state index contributed by atoms with van der Waals surface area (Å²) in [5.74, 6) is 2.07. The van der Waals surface area contributed by atoms with Crippen LogP contribution in [0.4, 0.5) is 5.82 Å². The Morgan fingerprint density at radius 1 is 1.38 bits per heavy atom. The second-order valence-electron chi connectivity index (χ2n) is 5.88. The molecule has 112 valence electrons. The first-order valence-corrected chi connectivity index (χ1v) is 7.75. The lowest BCUT2D eigenvalue weighted by Gasteiger charge is -2.44. The van der Waals surface area contributed by atoms with Crippen LogP contribution in [0.2, 0.25) is 5.02 Å². The fraction of sp³-hybridized carbons (Fsp3) is 0.533. The van der Waals surface area contributed by atoms with Crippen LogP contribution in [0.5, 0.6) is 5.75 Å². The number of hydrogen-bond donors (Lipinski definition) is 1. The van der Waals surface area contributed by atoms with Gasteiger partial charge in [-0.15, -0.1) is 0 Å². The van der Waals surface area contributed by atoms with Crippen molar-refractivity contribution in [2.24, 2.45) is 5.92 Å². The normalized spacial score (nSPS) is 28.0. The molecule has 4 heterocycles. The first kappa shape index (κ1) is 13.2. The number of aromatic nitrogens is 1. The number of halogens is 1. The molecule has 5 rings (SSSR count). The van der Waals surface area contributed by atoms with Crippen LogP contribution in [0.3, 0.4) is 0 Å². The van der Waals surface area contributed by atoms with Crippen molar-refractivity contribution < 1.29 is 9.26 Å². The molecule has 0 amide bonds. The Kier molecular flexibility index (Phi) is 3.19. The van der Waals surface area contributed by atoms with Gasteiger partial charge in [-0.2, -0.15) is 0 Å². The third kappa shape index (κ3) is 2.15. The number of fused-ring (bicyclic) bond motifs is 4. The van der Waals surface area contributed by atoms with Crippen LogP contribution in [-0.2, 0) is 0 Å². The predicted octanol–water partition coefficient (Wildman–Crippen LogP) is 3.00. The van der Waals surface area contributed by atoms with Gasteiger partial charge in [0.1, 0.15) is 0 Å². The summed E-state index contributed by atoms with van der Waals surface area (Å²) in [6.45, 7) is 3.54. The largest absolute Gasteiger partial charge is 0.491 e. The molecule has 5 nitrogen and oxygen atoms in total. The third-order valence-corrected chi connectivity index (χ3v) is 5.03. The summed E-state index contributed by atoms with van der Waals surface area (Å²) in [7, 11) is 1.59. The van der Waals surface area contributed by atoms with Crippen molar-refractivity contribution in [2.75, 3.05) is 32.1 Å². The van der Waals surface area contributed by atoms with Crippen molar-refractivity contribution in [3.8, 4) is 5.75 Å². The molecule has 0 saturated carbocycles. The maximum atomic E-state index is 6.12. The SMILES string of the molecule is COc1c(Cl)ccc2c(N[C@H]3CN4CCC3CC4)noc12. The highest BCUT2D eigenvalue weighted by Gasteiger charge is 2.34. The molecule has 21 heavy (non-hydrogen) atoms. The van der Waals surface area contributed by atoms with Crippen molar-refractivity contribution in [2.45, 2.75) is 18.9 Å². The molecule has 3 saturated heterocycles. The molecule has 2 aromatic rings. The second kappa shape index (κ2) is 5.07. The molecule has 0 radical (unpaired) electrons. The third-order valence-electron chi connectivity index (χ3n) is 4.73. The van der Waals surface area contributed by atoms with E-state index < -0.39 is 0 Å². The molecule has 3 aliphatic heterocycles. The average molecular weight is 308 g/mol. The number of methoxy groups -OCH3 is 1. The molecule has 0 spiro atoms. The van der Waals surface area contributed by atoms with Crippen molar-refractivity contribution in [1.29, 1.82) is 0 Å². The molecular formula is C15H18ClN3O2. The van der Waals surface area contributed by atoms with Crippen LogP contribution < -0.4 is 10.1 Å². The molecule has 1 aromatic carbocycles. The van der Waals surface area contributed by atoms with Crippen LogP contribution in [0.1, 0.15) is 12.8 Å². The molecule has 2 bridgehead atoms. The van der Waals surface area contributed by atoms with E-state index in [0.29, 0.717) is 22.4 Å². The summed E-state index contributed by atoms with van der Waals surface area (Å²) in [6.07, 6.45) is 2.53. The Morgan fingerprint density at radius 2 is 2.19 bits per heavy atom. The van der Waals surface area contributed by atoms with Crippen LogP contribution >= 0.6 is 11.6 Å². The zero-order chi connectivity index (χ0) is 14.4. The Balaban J connectivity index is 1.65. The summed E-state index contributed by atoms with van der Waals surface area (Å²) in [5.41, 5.74) is 0.605. The van der Waals surface area contributed by atoms with Gasteiger partial charge in [-0.1, -0.05) is 16.8 Å². The van der Waals surface area contributed by atoms with Gasteiger partial charge in [0.05, 0.1) is 17.5 Å². The molecule has 0 aliphatic carbocycles. The highest BCUT2D eigenvalue weighted by atomic mass is 35.5. The molecule has 6 heteroatoms. The maximum Gasteiger partial charge on any atom is 0.212 e. The van der Waals surface area contributed by atoms with E-state index in [-0.39, 0.29) is 0 Å². The van der Waals surface area contributed by atoms with Gasteiger partial charge >= 0.3 is 0 Å². The van der Waals surface area contributed by atoms with E-state index >= 15 is 0 Å². The van der Waals surface area contributed by atoms with Crippen molar-refractivity contribution in [1.82, 2.24) is 10.1 Å². The van der Waals surface area contributed by atoms with E-state index in [1.165, 1.54) is 25.9 Å². The van der Waals surface area contributed by atoms with Crippen LogP contribution in [0.25, 0.3) is 11.0 Å². The van der Waals surface area contributed by atoms with Crippen LogP contribution in [0, 0.1) is 5.92 Å². The quantitative estimate of drug-likeness (QED) is 0.944. The Morgan fingerprint density at radius 3 is 2.86 bits per heavy atom. The van der Waals surface area contributed by atoms with Gasteiger partial charge in [-0.05, 0) is 44.0 Å². The van der Waals surface area contributed by atoms with Crippen molar-refractivity contribution in [3.63, 3.8) is 0 Å². The van der Waals surface area contributed by atoms with E-state index in [0.717, 1.165) is 23.7 Å². The maximum absolute atomic E-state index is 6.12. The first-order valence-electron chi connectivity index (χ1n) is 7.37. The highest BCUT2D eigenvalue weighted by molar-refractivity contribution is 6.33. The first-order chi connectivity index (χ1) is 10.3. The van der Waals surface area contributed by atoms with E-state index in [1.807, 2.05) is 12.1 Å². The highest BCUT2D eigenvalue weighted by Crippen LogP contribution is 2.37. The van der Waals surface area contributed by atoms with Gasteiger partial charge in [0, 0.05) is 12.6 Å². The van der Waals surface area contributed by atoms with Crippen molar-refractivity contribution in [3.05, 3.63) is 17.2 Å². The zero-order valence-electron chi connectivity index (χ0n) is 11.9.